The number of amides is 1. The summed E-state index contributed by atoms with van der Waals surface area (Å²) >= 11 is 0. The number of carbonyl (C=O) groups excluding carboxylic acids is 1. The number of hydrazine groups is 1. The van der Waals surface area contributed by atoms with Crippen LogP contribution in [0.5, 0.6) is 0 Å². The van der Waals surface area contributed by atoms with Crippen molar-refractivity contribution in [3.63, 3.8) is 0 Å². The van der Waals surface area contributed by atoms with Crippen LogP contribution >= 0.6 is 0 Å². The van der Waals surface area contributed by atoms with Crippen molar-refractivity contribution in [3.05, 3.63) is 29.8 Å². The lowest BCUT2D eigenvalue weighted by Crippen LogP contribution is -2.44. The monoisotopic (exact) mass is 273 g/mol. The Balaban J connectivity index is 2.19. The first-order chi connectivity index (χ1) is 9.40. The van der Waals surface area contributed by atoms with Gasteiger partial charge in [-0.2, -0.15) is 5.26 Å². The first-order valence-corrected chi connectivity index (χ1v) is 6.69. The van der Waals surface area contributed by atoms with Gasteiger partial charge in [0, 0.05) is 13.1 Å². The smallest absolute Gasteiger partial charge is 0.429 e. The van der Waals surface area contributed by atoms with Crippen molar-refractivity contribution in [1.82, 2.24) is 5.01 Å². The van der Waals surface area contributed by atoms with Crippen molar-refractivity contribution in [2.45, 2.75) is 32.8 Å². The van der Waals surface area contributed by atoms with E-state index in [1.807, 2.05) is 37.9 Å². The maximum Gasteiger partial charge on any atom is 0.429 e. The predicted octanol–water partition coefficient (Wildman–Crippen LogP) is 2.92. The summed E-state index contributed by atoms with van der Waals surface area (Å²) in [6, 6.07) is 9.35. The van der Waals surface area contributed by atoms with Crippen molar-refractivity contribution in [3.8, 4) is 6.07 Å². The molecule has 0 saturated carbocycles. The second kappa shape index (κ2) is 5.41. The van der Waals surface area contributed by atoms with Crippen LogP contribution in [0.25, 0.3) is 0 Å². The minimum atomic E-state index is -0.514. The molecule has 2 rings (SSSR count). The molecule has 5 heteroatoms. The molecular formula is C15H19N3O2. The Hall–Kier alpha value is -2.22. The normalized spacial score (nSPS) is 15.1. The van der Waals surface area contributed by atoms with Crippen LogP contribution in [0.15, 0.2) is 24.3 Å². The molecule has 1 aromatic rings. The van der Waals surface area contributed by atoms with E-state index in [-0.39, 0.29) is 6.09 Å². The summed E-state index contributed by atoms with van der Waals surface area (Å²) in [6.45, 7) is 6.92. The third-order valence-corrected chi connectivity index (χ3v) is 2.91. The minimum absolute atomic E-state index is 0.350. The predicted molar refractivity (Wildman–Crippen MR) is 76.1 cm³/mol. The number of rotatable bonds is 1. The fourth-order valence-electron chi connectivity index (χ4n) is 2.12. The molecule has 0 aromatic heterocycles. The van der Waals surface area contributed by atoms with Crippen LogP contribution in [0.2, 0.25) is 0 Å². The summed E-state index contributed by atoms with van der Waals surface area (Å²) in [7, 11) is 0. The Labute approximate surface area is 119 Å². The van der Waals surface area contributed by atoms with E-state index in [0.29, 0.717) is 12.1 Å². The third kappa shape index (κ3) is 3.21. The molecular weight excluding hydrogens is 254 g/mol. The first-order valence-electron chi connectivity index (χ1n) is 6.69. The molecule has 0 aliphatic carbocycles. The van der Waals surface area contributed by atoms with Gasteiger partial charge in [-0.3, -0.25) is 5.01 Å². The number of benzene rings is 1. The van der Waals surface area contributed by atoms with Crippen molar-refractivity contribution < 1.29 is 9.53 Å². The van der Waals surface area contributed by atoms with Gasteiger partial charge in [-0.1, -0.05) is 6.07 Å². The molecule has 106 valence electrons. The summed E-state index contributed by atoms with van der Waals surface area (Å²) in [5, 5.41) is 12.4. The highest BCUT2D eigenvalue weighted by Crippen LogP contribution is 2.24. The fourth-order valence-corrected chi connectivity index (χ4v) is 2.12. The maximum absolute atomic E-state index is 12.2. The van der Waals surface area contributed by atoms with Gasteiger partial charge in [0.2, 0.25) is 0 Å². The standard InChI is InChI=1S/C15H19N3O2/c1-15(2,3)20-14(19)18-9-5-8-17(18)13-7-4-6-12(10-13)11-16/h4,6-7,10H,5,8-9H2,1-3H3. The Bertz CT molecular complexity index is 543. The molecule has 1 aliphatic heterocycles. The lowest BCUT2D eigenvalue weighted by molar-refractivity contribution is 0.0274. The summed E-state index contributed by atoms with van der Waals surface area (Å²) in [4.78, 5) is 12.2. The zero-order valence-corrected chi connectivity index (χ0v) is 12.1. The molecule has 0 atom stereocenters. The molecule has 0 bridgehead atoms. The van der Waals surface area contributed by atoms with Gasteiger partial charge in [-0.15, -0.1) is 0 Å². The van der Waals surface area contributed by atoms with Crippen molar-refractivity contribution in [2.75, 3.05) is 18.1 Å². The number of anilines is 1. The molecule has 1 aliphatic rings. The highest BCUT2D eigenvalue weighted by Gasteiger charge is 2.30. The molecule has 20 heavy (non-hydrogen) atoms. The van der Waals surface area contributed by atoms with Crippen molar-refractivity contribution in [2.24, 2.45) is 0 Å². The topological polar surface area (TPSA) is 56.6 Å². The number of hydrogen-bond acceptors (Lipinski definition) is 4. The summed E-state index contributed by atoms with van der Waals surface area (Å²) < 4.78 is 5.41. The SMILES string of the molecule is CC(C)(C)OC(=O)N1CCCN1c1cccc(C#N)c1. The molecule has 0 spiro atoms. The Morgan fingerprint density at radius 1 is 1.35 bits per heavy atom. The molecule has 0 unspecified atom stereocenters. The van der Waals surface area contributed by atoms with Gasteiger partial charge < -0.3 is 4.74 Å². The largest absolute Gasteiger partial charge is 0.442 e. The lowest BCUT2D eigenvalue weighted by Gasteiger charge is -2.31. The van der Waals surface area contributed by atoms with Crippen molar-refractivity contribution in [1.29, 1.82) is 5.26 Å². The van der Waals surface area contributed by atoms with Gasteiger partial charge in [-0.25, -0.2) is 9.80 Å². The fraction of sp³-hybridized carbons (Fsp3) is 0.467. The van der Waals surface area contributed by atoms with Crippen LogP contribution < -0.4 is 5.01 Å². The summed E-state index contributed by atoms with van der Waals surface area (Å²) in [6.07, 6.45) is 0.535. The van der Waals surface area contributed by atoms with Gasteiger partial charge in [0.15, 0.2) is 0 Å². The van der Waals surface area contributed by atoms with E-state index < -0.39 is 5.60 Å². The van der Waals surface area contributed by atoms with E-state index in [1.165, 1.54) is 0 Å². The van der Waals surface area contributed by atoms with E-state index in [1.54, 1.807) is 17.1 Å². The van der Waals surface area contributed by atoms with Crippen LogP contribution in [-0.4, -0.2) is 29.8 Å². The average Bonchev–Trinajstić information content (AvgIpc) is 2.86. The van der Waals surface area contributed by atoms with Crippen LogP contribution in [0, 0.1) is 11.3 Å². The van der Waals surface area contributed by atoms with Crippen LogP contribution in [0.3, 0.4) is 0 Å². The van der Waals surface area contributed by atoms with Gasteiger partial charge in [-0.05, 0) is 45.4 Å². The summed E-state index contributed by atoms with van der Waals surface area (Å²) in [5.41, 5.74) is 0.908. The average molecular weight is 273 g/mol. The van der Waals surface area contributed by atoms with E-state index in [9.17, 15) is 4.79 Å². The van der Waals surface area contributed by atoms with E-state index in [2.05, 4.69) is 6.07 Å². The minimum Gasteiger partial charge on any atom is -0.442 e. The van der Waals surface area contributed by atoms with Crippen LogP contribution in [0.4, 0.5) is 10.5 Å². The maximum atomic E-state index is 12.2. The molecule has 1 amide bonds. The van der Waals surface area contributed by atoms with Crippen molar-refractivity contribution >= 4 is 11.8 Å². The number of nitrogens with zero attached hydrogens (tertiary/aromatic N) is 3. The van der Waals surface area contributed by atoms with Gasteiger partial charge in [0.25, 0.3) is 0 Å². The molecule has 1 aromatic carbocycles. The number of nitriles is 1. The number of carbonyl (C=O) groups is 1. The zero-order chi connectivity index (χ0) is 14.8. The second-order valence-electron chi connectivity index (χ2n) is 5.74. The van der Waals surface area contributed by atoms with E-state index in [0.717, 1.165) is 18.7 Å². The van der Waals surface area contributed by atoms with Gasteiger partial charge in [0.05, 0.1) is 17.3 Å². The second-order valence-corrected chi connectivity index (χ2v) is 5.74. The zero-order valence-electron chi connectivity index (χ0n) is 12.1. The van der Waals surface area contributed by atoms with Gasteiger partial charge in [0.1, 0.15) is 5.60 Å². The Morgan fingerprint density at radius 2 is 2.10 bits per heavy atom. The number of hydrogen-bond donors (Lipinski definition) is 0. The number of ether oxygens (including phenoxy) is 1. The highest BCUT2D eigenvalue weighted by molar-refractivity contribution is 5.72. The molecule has 0 N–H and O–H groups in total. The molecule has 1 heterocycles. The molecule has 1 saturated heterocycles. The summed E-state index contributed by atoms with van der Waals surface area (Å²) in [5.74, 6) is 0. The molecule has 0 radical (unpaired) electrons. The van der Waals surface area contributed by atoms with E-state index in [4.69, 9.17) is 10.00 Å². The highest BCUT2D eigenvalue weighted by atomic mass is 16.6. The first kappa shape index (κ1) is 14.2. The van der Waals surface area contributed by atoms with Crippen LogP contribution in [-0.2, 0) is 4.74 Å². The quantitative estimate of drug-likeness (QED) is 0.789. The third-order valence-electron chi connectivity index (χ3n) is 2.91. The van der Waals surface area contributed by atoms with E-state index >= 15 is 0 Å². The van der Waals surface area contributed by atoms with Crippen LogP contribution in [0.1, 0.15) is 32.8 Å². The Kier molecular flexibility index (Phi) is 3.84. The van der Waals surface area contributed by atoms with Gasteiger partial charge >= 0.3 is 6.09 Å². The Morgan fingerprint density at radius 3 is 2.75 bits per heavy atom. The molecule has 1 fully saturated rings. The molecule has 5 nitrogen and oxygen atoms in total. The lowest BCUT2D eigenvalue weighted by atomic mass is 10.2.